The third-order valence-corrected chi connectivity index (χ3v) is 6.96. The Hall–Kier alpha value is -1.11. The fraction of sp³-hybridized carbons (Fsp3) is 0.611. The second-order valence-corrected chi connectivity index (χ2v) is 7.36. The molecule has 98 valence electrons. The Balaban J connectivity index is 1.76. The average molecular weight is 252 g/mol. The molecule has 0 aromatic rings. The van der Waals surface area contributed by atoms with Crippen molar-refractivity contribution in [2.45, 2.75) is 26.2 Å². The molecule has 0 aromatic carbocycles. The molecule has 6 aliphatic rings. The molecule has 0 aromatic heterocycles. The van der Waals surface area contributed by atoms with E-state index in [9.17, 15) is 4.79 Å². The molecule has 4 bridgehead atoms. The van der Waals surface area contributed by atoms with Gasteiger partial charge in [0.15, 0.2) is 5.78 Å². The van der Waals surface area contributed by atoms with Crippen molar-refractivity contribution in [2.24, 2.45) is 40.9 Å². The van der Waals surface area contributed by atoms with Gasteiger partial charge in [-0.15, -0.1) is 0 Å². The van der Waals surface area contributed by atoms with Crippen molar-refractivity contribution in [1.82, 2.24) is 0 Å². The molecule has 6 aliphatic carbocycles. The average Bonchev–Trinajstić information content (AvgIpc) is 3.05. The first-order valence-corrected chi connectivity index (χ1v) is 7.82. The predicted octanol–water partition coefficient (Wildman–Crippen LogP) is 3.54. The topological polar surface area (TPSA) is 17.1 Å². The zero-order valence-corrected chi connectivity index (χ0v) is 11.4. The van der Waals surface area contributed by atoms with Crippen molar-refractivity contribution in [3.8, 4) is 0 Å². The number of carbonyl (C=O) groups excluding carboxylic acids is 1. The van der Waals surface area contributed by atoms with Crippen LogP contribution in [0.2, 0.25) is 0 Å². The van der Waals surface area contributed by atoms with Gasteiger partial charge in [-0.05, 0) is 55.4 Å². The van der Waals surface area contributed by atoms with E-state index in [-0.39, 0.29) is 11.3 Å². The van der Waals surface area contributed by atoms with Crippen molar-refractivity contribution in [3.05, 3.63) is 36.0 Å². The van der Waals surface area contributed by atoms with Crippen LogP contribution >= 0.6 is 0 Å². The number of rotatable bonds is 0. The van der Waals surface area contributed by atoms with Crippen LogP contribution in [-0.2, 0) is 4.79 Å². The van der Waals surface area contributed by atoms with Gasteiger partial charge in [-0.2, -0.15) is 0 Å². The van der Waals surface area contributed by atoms with Gasteiger partial charge in [-0.25, -0.2) is 0 Å². The van der Waals surface area contributed by atoms with Crippen LogP contribution in [0.1, 0.15) is 26.2 Å². The van der Waals surface area contributed by atoms with E-state index in [4.69, 9.17) is 0 Å². The number of fused-ring (bicyclic) bond motifs is 4. The van der Waals surface area contributed by atoms with Gasteiger partial charge in [0, 0.05) is 17.3 Å². The van der Waals surface area contributed by atoms with Crippen LogP contribution < -0.4 is 0 Å². The molecule has 19 heavy (non-hydrogen) atoms. The highest BCUT2D eigenvalue weighted by molar-refractivity contribution is 5.99. The molecule has 0 N–H and O–H groups in total. The van der Waals surface area contributed by atoms with Crippen molar-refractivity contribution in [3.63, 3.8) is 0 Å². The van der Waals surface area contributed by atoms with Gasteiger partial charge >= 0.3 is 0 Å². The molecule has 0 saturated heterocycles. The van der Waals surface area contributed by atoms with Crippen LogP contribution in [0.3, 0.4) is 0 Å². The summed E-state index contributed by atoms with van der Waals surface area (Å²) >= 11 is 0. The van der Waals surface area contributed by atoms with E-state index in [0.29, 0.717) is 23.5 Å². The van der Waals surface area contributed by atoms with E-state index in [2.05, 4.69) is 30.4 Å². The number of carbonyl (C=O) groups is 1. The van der Waals surface area contributed by atoms with Gasteiger partial charge in [0.1, 0.15) is 0 Å². The van der Waals surface area contributed by atoms with Gasteiger partial charge < -0.3 is 0 Å². The maximum Gasteiger partial charge on any atom is 0.165 e. The van der Waals surface area contributed by atoms with Crippen LogP contribution in [0.15, 0.2) is 36.0 Å². The lowest BCUT2D eigenvalue weighted by molar-refractivity contribution is -0.125. The Labute approximate surface area is 114 Å². The molecular weight excluding hydrogens is 232 g/mol. The van der Waals surface area contributed by atoms with Crippen LogP contribution in [0.25, 0.3) is 0 Å². The first-order chi connectivity index (χ1) is 9.23. The second kappa shape index (κ2) is 3.13. The highest BCUT2D eigenvalue weighted by Crippen LogP contribution is 2.72. The quantitative estimate of drug-likeness (QED) is 0.603. The molecule has 2 saturated carbocycles. The third-order valence-electron chi connectivity index (χ3n) is 6.96. The van der Waals surface area contributed by atoms with Gasteiger partial charge in [-0.3, -0.25) is 4.79 Å². The summed E-state index contributed by atoms with van der Waals surface area (Å²) in [6, 6.07) is 0. The maximum absolute atomic E-state index is 12.8. The summed E-state index contributed by atoms with van der Waals surface area (Å²) in [4.78, 5) is 12.8. The summed E-state index contributed by atoms with van der Waals surface area (Å²) in [6.07, 6.45) is 15.9. The summed E-state index contributed by atoms with van der Waals surface area (Å²) in [5, 5.41) is 0. The highest BCUT2D eigenvalue weighted by atomic mass is 16.1. The number of ketones is 1. The number of Topliss-reactive ketones (excluding diaryl/α,β-unsaturated/α-hetero) is 1. The van der Waals surface area contributed by atoms with Gasteiger partial charge in [0.05, 0.1) is 0 Å². The Bertz CT molecular complexity index is 566. The van der Waals surface area contributed by atoms with E-state index in [1.54, 1.807) is 0 Å². The molecule has 1 nitrogen and oxygen atoms in total. The van der Waals surface area contributed by atoms with Crippen LogP contribution in [0, 0.1) is 40.9 Å². The van der Waals surface area contributed by atoms with Crippen LogP contribution in [-0.4, -0.2) is 5.78 Å². The number of allylic oxidation sites excluding steroid dienone is 6. The lowest BCUT2D eigenvalue weighted by atomic mass is 9.52. The summed E-state index contributed by atoms with van der Waals surface area (Å²) < 4.78 is 0. The number of hydrogen-bond donors (Lipinski definition) is 0. The van der Waals surface area contributed by atoms with Crippen molar-refractivity contribution < 1.29 is 4.79 Å². The van der Waals surface area contributed by atoms with Gasteiger partial charge in [0.2, 0.25) is 0 Å². The zero-order valence-electron chi connectivity index (χ0n) is 11.4. The minimum absolute atomic E-state index is 0.169. The van der Waals surface area contributed by atoms with Crippen molar-refractivity contribution in [2.75, 3.05) is 0 Å². The Morgan fingerprint density at radius 3 is 2.84 bits per heavy atom. The molecule has 0 aliphatic heterocycles. The van der Waals surface area contributed by atoms with Crippen LogP contribution in [0.4, 0.5) is 0 Å². The normalized spacial score (nSPS) is 56.3. The molecular formula is C18H20O. The smallest absolute Gasteiger partial charge is 0.165 e. The lowest BCUT2D eigenvalue weighted by Crippen LogP contribution is -2.49. The predicted molar refractivity (Wildman–Crippen MR) is 74.3 cm³/mol. The highest BCUT2D eigenvalue weighted by Gasteiger charge is 2.68. The Kier molecular flexibility index (Phi) is 1.76. The van der Waals surface area contributed by atoms with Gasteiger partial charge in [0.25, 0.3) is 0 Å². The molecule has 1 spiro atoms. The molecule has 7 atom stereocenters. The van der Waals surface area contributed by atoms with Crippen LogP contribution in [0.5, 0.6) is 0 Å². The largest absolute Gasteiger partial charge is 0.294 e. The van der Waals surface area contributed by atoms with E-state index in [1.165, 1.54) is 19.3 Å². The Morgan fingerprint density at radius 1 is 1.11 bits per heavy atom. The molecule has 1 heteroatoms. The standard InChI is InChI=1S/C18H20O/c1-10-8-11-3-5-16(17(10)19)18-13-4-2-12(9-13)15(18)7-6-14(11)18/h3,5-8,11-16H,2,4,9H2,1H3/t11-,12+,13+,14-,15+,16+,18+/m1/s1. The first kappa shape index (κ1) is 10.7. The molecule has 0 radical (unpaired) electrons. The molecule has 0 amide bonds. The van der Waals surface area contributed by atoms with E-state index < -0.39 is 0 Å². The minimum atomic E-state index is 0.169. The first-order valence-electron chi connectivity index (χ1n) is 7.82. The van der Waals surface area contributed by atoms with E-state index in [1.807, 2.05) is 6.92 Å². The summed E-state index contributed by atoms with van der Waals surface area (Å²) in [5.74, 6) is 4.02. The van der Waals surface area contributed by atoms with E-state index in [0.717, 1.165) is 17.4 Å². The zero-order chi connectivity index (χ0) is 12.8. The fourth-order valence-electron chi connectivity index (χ4n) is 6.45. The summed E-state index contributed by atoms with van der Waals surface area (Å²) in [5.41, 5.74) is 1.28. The molecule has 2 fully saturated rings. The van der Waals surface area contributed by atoms with Crippen molar-refractivity contribution >= 4 is 5.78 Å². The molecule has 6 rings (SSSR count). The fourth-order valence-corrected chi connectivity index (χ4v) is 6.45. The molecule has 0 heterocycles. The molecule has 0 unspecified atom stereocenters. The van der Waals surface area contributed by atoms with Gasteiger partial charge in [-0.1, -0.05) is 30.4 Å². The van der Waals surface area contributed by atoms with Crippen molar-refractivity contribution in [1.29, 1.82) is 0 Å². The minimum Gasteiger partial charge on any atom is -0.294 e. The summed E-state index contributed by atoms with van der Waals surface area (Å²) in [7, 11) is 0. The number of hydrogen-bond acceptors (Lipinski definition) is 1. The second-order valence-electron chi connectivity index (χ2n) is 7.36. The SMILES string of the molecule is CC1=C[C@H]2C=C[C@@H](C1=O)[C@]13[C@H]4CC[C@@H](C4)[C@@H]1C=C[C@H]23. The third kappa shape index (κ3) is 0.978. The summed E-state index contributed by atoms with van der Waals surface area (Å²) in [6.45, 7) is 2.03. The maximum atomic E-state index is 12.8. The lowest BCUT2D eigenvalue weighted by Gasteiger charge is -2.50. The monoisotopic (exact) mass is 252 g/mol. The Morgan fingerprint density at radius 2 is 1.95 bits per heavy atom. The van der Waals surface area contributed by atoms with E-state index >= 15 is 0 Å².